The highest BCUT2D eigenvalue weighted by molar-refractivity contribution is 5.80. The molecule has 0 saturated heterocycles. The van der Waals surface area contributed by atoms with E-state index in [4.69, 9.17) is 9.47 Å². The lowest BCUT2D eigenvalue weighted by molar-refractivity contribution is -0.130. The van der Waals surface area contributed by atoms with Gasteiger partial charge in [0.05, 0.1) is 7.11 Å². The number of fused-ring (bicyclic) bond motifs is 1. The van der Waals surface area contributed by atoms with Gasteiger partial charge in [-0.3, -0.25) is 4.79 Å². The first-order valence-electron chi connectivity index (χ1n) is 7.13. The summed E-state index contributed by atoms with van der Waals surface area (Å²) < 4.78 is 10.3. The van der Waals surface area contributed by atoms with Gasteiger partial charge >= 0.3 is 0 Å². The summed E-state index contributed by atoms with van der Waals surface area (Å²) >= 11 is 0. The van der Waals surface area contributed by atoms with Gasteiger partial charge in [0.25, 0.3) is 0 Å². The number of ether oxygens (including phenoxy) is 2. The molecule has 0 fully saturated rings. The van der Waals surface area contributed by atoms with E-state index in [0.717, 1.165) is 25.0 Å². The molecule has 1 N–H and O–H groups in total. The summed E-state index contributed by atoms with van der Waals surface area (Å²) in [7, 11) is 3.24. The van der Waals surface area contributed by atoms with Gasteiger partial charge in [-0.15, -0.1) is 0 Å². The van der Waals surface area contributed by atoms with Gasteiger partial charge in [-0.25, -0.2) is 0 Å². The minimum Gasteiger partial charge on any atom is -0.497 e. The van der Waals surface area contributed by atoms with Gasteiger partial charge in [0.1, 0.15) is 11.9 Å². The summed E-state index contributed by atoms with van der Waals surface area (Å²) in [5.74, 6) is 1.24. The zero-order valence-electron chi connectivity index (χ0n) is 12.4. The Hall–Kier alpha value is -1.55. The van der Waals surface area contributed by atoms with Crippen LogP contribution in [-0.2, 0) is 16.0 Å². The Bertz CT molecular complexity index is 473. The van der Waals surface area contributed by atoms with Gasteiger partial charge in [-0.1, -0.05) is 6.07 Å². The highest BCUT2D eigenvalue weighted by Gasteiger charge is 2.22. The van der Waals surface area contributed by atoms with Crippen LogP contribution in [0.4, 0.5) is 0 Å². The second kappa shape index (κ2) is 6.75. The third kappa shape index (κ3) is 3.31. The first-order chi connectivity index (χ1) is 9.65. The van der Waals surface area contributed by atoms with Crippen LogP contribution in [0, 0.1) is 0 Å². The smallest absolute Gasteiger partial charge is 0.248 e. The van der Waals surface area contributed by atoms with Crippen LogP contribution in [-0.4, -0.2) is 32.8 Å². The molecule has 0 spiro atoms. The van der Waals surface area contributed by atoms with E-state index in [0.29, 0.717) is 12.5 Å². The van der Waals surface area contributed by atoms with Crippen molar-refractivity contribution >= 4 is 5.91 Å². The molecule has 1 aromatic rings. The van der Waals surface area contributed by atoms with Gasteiger partial charge in [-0.2, -0.15) is 0 Å². The second-order valence-corrected chi connectivity index (χ2v) is 5.28. The highest BCUT2D eigenvalue weighted by Crippen LogP contribution is 2.33. The van der Waals surface area contributed by atoms with Gasteiger partial charge in [-0.05, 0) is 49.4 Å². The number of rotatable bonds is 5. The summed E-state index contributed by atoms with van der Waals surface area (Å²) in [4.78, 5) is 11.8. The van der Waals surface area contributed by atoms with Crippen molar-refractivity contribution in [3.63, 3.8) is 0 Å². The molecule has 4 nitrogen and oxygen atoms in total. The van der Waals surface area contributed by atoms with E-state index in [2.05, 4.69) is 17.4 Å². The third-order valence-corrected chi connectivity index (χ3v) is 4.03. The molecule has 1 amide bonds. The van der Waals surface area contributed by atoms with Crippen molar-refractivity contribution in [3.8, 4) is 5.75 Å². The fraction of sp³-hybridized carbons (Fsp3) is 0.562. The van der Waals surface area contributed by atoms with E-state index in [1.165, 1.54) is 11.1 Å². The summed E-state index contributed by atoms with van der Waals surface area (Å²) in [5, 5.41) is 2.98. The maximum atomic E-state index is 11.8. The number of carbonyl (C=O) groups excluding carboxylic acids is 1. The standard InChI is InChI=1S/C16H23NO3/c1-11(19-2)16(18)17-10-13-6-4-5-12-9-14(20-3)7-8-15(12)13/h7-9,11,13H,4-6,10H2,1-3H3,(H,17,18). The number of amides is 1. The average molecular weight is 277 g/mol. The van der Waals surface area contributed by atoms with Crippen molar-refractivity contribution in [2.24, 2.45) is 0 Å². The normalized spacial score (nSPS) is 19.1. The first kappa shape index (κ1) is 14.9. The van der Waals surface area contributed by atoms with Crippen LogP contribution in [0.1, 0.15) is 36.8 Å². The number of methoxy groups -OCH3 is 2. The van der Waals surface area contributed by atoms with Crippen molar-refractivity contribution in [2.45, 2.75) is 38.2 Å². The molecule has 1 aliphatic rings. The molecule has 20 heavy (non-hydrogen) atoms. The Morgan fingerprint density at radius 2 is 2.25 bits per heavy atom. The van der Waals surface area contributed by atoms with Crippen LogP contribution >= 0.6 is 0 Å². The summed E-state index contributed by atoms with van der Waals surface area (Å²) in [6, 6.07) is 6.24. The maximum absolute atomic E-state index is 11.8. The molecule has 2 rings (SSSR count). The molecule has 4 heteroatoms. The molecule has 1 aliphatic carbocycles. The largest absolute Gasteiger partial charge is 0.497 e. The van der Waals surface area contributed by atoms with Crippen LogP contribution in [0.3, 0.4) is 0 Å². The van der Waals surface area contributed by atoms with Gasteiger partial charge < -0.3 is 14.8 Å². The number of hydrogen-bond donors (Lipinski definition) is 1. The van der Waals surface area contributed by atoms with E-state index in [1.54, 1.807) is 21.1 Å². The van der Waals surface area contributed by atoms with E-state index >= 15 is 0 Å². The Morgan fingerprint density at radius 1 is 1.45 bits per heavy atom. The topological polar surface area (TPSA) is 47.6 Å². The van der Waals surface area contributed by atoms with E-state index < -0.39 is 6.10 Å². The van der Waals surface area contributed by atoms with Crippen LogP contribution in [0.5, 0.6) is 5.75 Å². The molecule has 0 bridgehead atoms. The van der Waals surface area contributed by atoms with E-state index in [9.17, 15) is 4.79 Å². The number of carbonyl (C=O) groups is 1. The minimum atomic E-state index is -0.395. The number of nitrogens with one attached hydrogen (secondary N) is 1. The quantitative estimate of drug-likeness (QED) is 0.898. The molecule has 1 aromatic carbocycles. The highest BCUT2D eigenvalue weighted by atomic mass is 16.5. The molecular weight excluding hydrogens is 254 g/mol. The molecule has 0 aliphatic heterocycles. The summed E-state index contributed by atoms with van der Waals surface area (Å²) in [6.07, 6.45) is 2.96. The van der Waals surface area contributed by atoms with Crippen molar-refractivity contribution in [2.75, 3.05) is 20.8 Å². The number of benzene rings is 1. The predicted octanol–water partition coefficient (Wildman–Crippen LogP) is 2.27. The molecule has 2 atom stereocenters. The molecule has 110 valence electrons. The second-order valence-electron chi connectivity index (χ2n) is 5.28. The lowest BCUT2D eigenvalue weighted by atomic mass is 9.82. The fourth-order valence-corrected chi connectivity index (χ4v) is 2.70. The fourth-order valence-electron chi connectivity index (χ4n) is 2.70. The molecule has 0 saturated carbocycles. The minimum absolute atomic E-state index is 0.0480. The van der Waals surface area contributed by atoms with Crippen molar-refractivity contribution in [1.82, 2.24) is 5.32 Å². The molecule has 2 unspecified atom stereocenters. The lowest BCUT2D eigenvalue weighted by Crippen LogP contribution is -2.37. The van der Waals surface area contributed by atoms with Crippen LogP contribution < -0.4 is 10.1 Å². The number of aryl methyl sites for hydroxylation is 1. The molecule has 0 aromatic heterocycles. The summed E-state index contributed by atoms with van der Waals surface area (Å²) in [5.41, 5.74) is 2.68. The maximum Gasteiger partial charge on any atom is 0.248 e. The Balaban J connectivity index is 2.03. The van der Waals surface area contributed by atoms with Gasteiger partial charge in [0.2, 0.25) is 5.91 Å². The van der Waals surface area contributed by atoms with Crippen molar-refractivity contribution in [1.29, 1.82) is 0 Å². The van der Waals surface area contributed by atoms with Gasteiger partial charge in [0.15, 0.2) is 0 Å². The Labute approximate surface area is 120 Å². The van der Waals surface area contributed by atoms with Crippen LogP contribution in [0.15, 0.2) is 18.2 Å². The molecule has 0 radical (unpaired) electrons. The predicted molar refractivity (Wildman–Crippen MR) is 78.2 cm³/mol. The number of hydrogen-bond acceptors (Lipinski definition) is 3. The molecule has 0 heterocycles. The van der Waals surface area contributed by atoms with E-state index in [1.807, 2.05) is 6.07 Å². The van der Waals surface area contributed by atoms with Gasteiger partial charge in [0, 0.05) is 19.6 Å². The van der Waals surface area contributed by atoms with Crippen LogP contribution in [0.2, 0.25) is 0 Å². The SMILES string of the molecule is COc1ccc2c(c1)CCCC2CNC(=O)C(C)OC. The first-order valence-corrected chi connectivity index (χ1v) is 7.13. The van der Waals surface area contributed by atoms with E-state index in [-0.39, 0.29) is 5.91 Å². The van der Waals surface area contributed by atoms with Crippen molar-refractivity contribution in [3.05, 3.63) is 29.3 Å². The Kier molecular flexibility index (Phi) is 5.01. The zero-order chi connectivity index (χ0) is 14.5. The van der Waals surface area contributed by atoms with Crippen LogP contribution in [0.25, 0.3) is 0 Å². The molecular formula is C16H23NO3. The lowest BCUT2D eigenvalue weighted by Gasteiger charge is -2.26. The third-order valence-electron chi connectivity index (χ3n) is 4.03. The average Bonchev–Trinajstić information content (AvgIpc) is 2.50. The Morgan fingerprint density at radius 3 is 2.95 bits per heavy atom. The summed E-state index contributed by atoms with van der Waals surface area (Å²) in [6.45, 7) is 2.43. The zero-order valence-corrected chi connectivity index (χ0v) is 12.4. The van der Waals surface area contributed by atoms with Crippen molar-refractivity contribution < 1.29 is 14.3 Å². The monoisotopic (exact) mass is 277 g/mol.